The van der Waals surface area contributed by atoms with Crippen molar-refractivity contribution in [2.75, 3.05) is 13.1 Å². The summed E-state index contributed by atoms with van der Waals surface area (Å²) in [7, 11) is -3.71. The van der Waals surface area contributed by atoms with Gasteiger partial charge in [0.2, 0.25) is 15.9 Å². The molecule has 2 aliphatic heterocycles. The molecule has 0 aromatic heterocycles. The Kier molecular flexibility index (Phi) is 6.09. The fourth-order valence-electron chi connectivity index (χ4n) is 4.66. The van der Waals surface area contributed by atoms with Crippen LogP contribution in [0.25, 0.3) is 0 Å². The van der Waals surface area contributed by atoms with E-state index in [0.29, 0.717) is 31.0 Å². The van der Waals surface area contributed by atoms with Crippen molar-refractivity contribution in [3.8, 4) is 0 Å². The van der Waals surface area contributed by atoms with Gasteiger partial charge in [-0.25, -0.2) is 8.42 Å². The Bertz CT molecular complexity index is 1090. The molecule has 0 bridgehead atoms. The van der Waals surface area contributed by atoms with Gasteiger partial charge in [-0.2, -0.15) is 4.31 Å². The average molecular weight is 482 g/mol. The van der Waals surface area contributed by atoms with Gasteiger partial charge in [0, 0.05) is 13.1 Å². The number of benzene rings is 2. The molecule has 0 saturated carbocycles. The monoisotopic (exact) mass is 481 g/mol. The van der Waals surface area contributed by atoms with Crippen LogP contribution in [0, 0.1) is 0 Å². The zero-order valence-electron chi connectivity index (χ0n) is 17.4. The summed E-state index contributed by atoms with van der Waals surface area (Å²) in [5.74, 6) is 0.0390. The Labute approximate surface area is 193 Å². The van der Waals surface area contributed by atoms with Gasteiger partial charge in [0.15, 0.2) is 0 Å². The summed E-state index contributed by atoms with van der Waals surface area (Å²) in [5, 5.41) is 3.98. The number of nitrogens with zero attached hydrogens (tertiary/aromatic N) is 2. The SMILES string of the molecule is C[C@H](c1ccccc1)N1C(=O)[C@@H](C)NC12CCN(S(=O)(=O)c1ccc(Cl)c(Cl)c1)CC2. The number of piperidine rings is 1. The van der Waals surface area contributed by atoms with Crippen LogP contribution in [-0.2, 0) is 14.8 Å². The normalized spacial score (nSPS) is 22.8. The highest BCUT2D eigenvalue weighted by Gasteiger charge is 2.52. The summed E-state index contributed by atoms with van der Waals surface area (Å²) >= 11 is 12.0. The molecule has 0 aliphatic carbocycles. The minimum atomic E-state index is -3.71. The molecule has 4 rings (SSSR count). The molecule has 2 aromatic carbocycles. The number of rotatable bonds is 4. The number of halogens is 2. The third-order valence-electron chi connectivity index (χ3n) is 6.30. The Morgan fingerprint density at radius 2 is 1.71 bits per heavy atom. The third-order valence-corrected chi connectivity index (χ3v) is 8.94. The number of nitrogens with one attached hydrogen (secondary N) is 1. The molecular weight excluding hydrogens is 457 g/mol. The highest BCUT2D eigenvalue weighted by Crippen LogP contribution is 2.40. The number of hydrogen-bond acceptors (Lipinski definition) is 4. The average Bonchev–Trinajstić information content (AvgIpc) is 2.99. The lowest BCUT2D eigenvalue weighted by Gasteiger charge is -2.46. The van der Waals surface area contributed by atoms with Crippen LogP contribution >= 0.6 is 23.2 Å². The number of hydrogen-bond donors (Lipinski definition) is 1. The predicted octanol–water partition coefficient (Wildman–Crippen LogP) is 4.06. The zero-order valence-corrected chi connectivity index (χ0v) is 19.7. The zero-order chi connectivity index (χ0) is 22.4. The Balaban J connectivity index is 1.58. The molecule has 2 aliphatic rings. The Hall–Kier alpha value is -1.64. The fraction of sp³-hybridized carbons (Fsp3) is 0.409. The largest absolute Gasteiger partial charge is 0.316 e. The molecule has 2 aromatic rings. The lowest BCUT2D eigenvalue weighted by atomic mass is 9.94. The van der Waals surface area contributed by atoms with Gasteiger partial charge < -0.3 is 4.90 Å². The summed E-state index contributed by atoms with van der Waals surface area (Å²) in [6.07, 6.45) is 1.00. The Morgan fingerprint density at radius 1 is 1.06 bits per heavy atom. The maximum absolute atomic E-state index is 13.1. The first kappa shape index (κ1) is 22.6. The van der Waals surface area contributed by atoms with Crippen LogP contribution in [0.2, 0.25) is 10.0 Å². The molecule has 31 heavy (non-hydrogen) atoms. The van der Waals surface area contributed by atoms with Crippen LogP contribution < -0.4 is 5.32 Å². The van der Waals surface area contributed by atoms with E-state index in [1.807, 2.05) is 49.1 Å². The van der Waals surface area contributed by atoms with Crippen molar-refractivity contribution in [1.82, 2.24) is 14.5 Å². The molecular formula is C22H25Cl2N3O3S. The minimum Gasteiger partial charge on any atom is -0.316 e. The molecule has 2 fully saturated rings. The van der Waals surface area contributed by atoms with Gasteiger partial charge in [0.05, 0.1) is 32.7 Å². The quantitative estimate of drug-likeness (QED) is 0.714. The van der Waals surface area contributed by atoms with E-state index >= 15 is 0 Å². The van der Waals surface area contributed by atoms with E-state index in [1.165, 1.54) is 22.5 Å². The van der Waals surface area contributed by atoms with E-state index in [0.717, 1.165) is 5.56 Å². The molecule has 6 nitrogen and oxygen atoms in total. The summed E-state index contributed by atoms with van der Waals surface area (Å²) in [6, 6.07) is 13.8. The first-order valence-electron chi connectivity index (χ1n) is 10.3. The van der Waals surface area contributed by atoms with E-state index in [9.17, 15) is 13.2 Å². The molecule has 1 spiro atoms. The van der Waals surface area contributed by atoms with E-state index in [2.05, 4.69) is 5.32 Å². The van der Waals surface area contributed by atoms with Crippen molar-refractivity contribution >= 4 is 39.1 Å². The first-order chi connectivity index (χ1) is 14.7. The van der Waals surface area contributed by atoms with Crippen molar-refractivity contribution in [3.63, 3.8) is 0 Å². The van der Waals surface area contributed by atoms with Crippen LogP contribution in [0.4, 0.5) is 0 Å². The summed E-state index contributed by atoms with van der Waals surface area (Å²) < 4.78 is 27.7. The van der Waals surface area contributed by atoms with Crippen LogP contribution in [0.3, 0.4) is 0 Å². The molecule has 1 N–H and O–H groups in total. The number of sulfonamides is 1. The maximum Gasteiger partial charge on any atom is 0.243 e. The van der Waals surface area contributed by atoms with Gasteiger partial charge >= 0.3 is 0 Å². The molecule has 9 heteroatoms. The lowest BCUT2D eigenvalue weighted by Crippen LogP contribution is -2.59. The lowest BCUT2D eigenvalue weighted by molar-refractivity contribution is -0.136. The van der Waals surface area contributed by atoms with Gasteiger partial charge in [0.25, 0.3) is 0 Å². The second kappa shape index (κ2) is 8.37. The smallest absolute Gasteiger partial charge is 0.243 e. The number of amides is 1. The highest BCUT2D eigenvalue weighted by molar-refractivity contribution is 7.89. The van der Waals surface area contributed by atoms with Crippen LogP contribution in [0.5, 0.6) is 0 Å². The molecule has 2 saturated heterocycles. The maximum atomic E-state index is 13.1. The second-order valence-electron chi connectivity index (χ2n) is 8.17. The molecule has 2 atom stereocenters. The molecule has 0 radical (unpaired) electrons. The van der Waals surface area contributed by atoms with Crippen molar-refractivity contribution < 1.29 is 13.2 Å². The predicted molar refractivity (Wildman–Crippen MR) is 121 cm³/mol. The number of carbonyl (C=O) groups is 1. The van der Waals surface area contributed by atoms with Crippen LogP contribution in [0.1, 0.15) is 38.3 Å². The minimum absolute atomic E-state index is 0.0390. The van der Waals surface area contributed by atoms with Gasteiger partial charge in [-0.1, -0.05) is 53.5 Å². The molecule has 1 amide bonds. The van der Waals surface area contributed by atoms with Crippen molar-refractivity contribution in [2.24, 2.45) is 0 Å². The van der Waals surface area contributed by atoms with Crippen molar-refractivity contribution in [2.45, 2.75) is 49.3 Å². The van der Waals surface area contributed by atoms with Gasteiger partial charge in [-0.3, -0.25) is 10.1 Å². The van der Waals surface area contributed by atoms with Gasteiger partial charge in [-0.05, 0) is 50.5 Å². The highest BCUT2D eigenvalue weighted by atomic mass is 35.5. The van der Waals surface area contributed by atoms with Crippen molar-refractivity contribution in [3.05, 3.63) is 64.1 Å². The summed E-state index contributed by atoms with van der Waals surface area (Å²) in [5.41, 5.74) is 0.479. The fourth-order valence-corrected chi connectivity index (χ4v) is 6.50. The standard InChI is InChI=1S/C22H25Cl2N3O3S/c1-15-21(28)27(16(2)17-6-4-3-5-7-17)22(25-15)10-12-26(13-11-22)31(29,30)18-8-9-19(23)20(24)14-18/h3-9,14-16,25H,10-13H2,1-2H3/t15-,16-/m1/s1. The van der Waals surface area contributed by atoms with Gasteiger partial charge in [0.1, 0.15) is 0 Å². The van der Waals surface area contributed by atoms with Gasteiger partial charge in [-0.15, -0.1) is 0 Å². The van der Waals surface area contributed by atoms with E-state index in [-0.39, 0.29) is 27.9 Å². The summed E-state index contributed by atoms with van der Waals surface area (Å²) in [4.78, 5) is 15.1. The van der Waals surface area contributed by atoms with Crippen LogP contribution in [0.15, 0.2) is 53.4 Å². The second-order valence-corrected chi connectivity index (χ2v) is 10.9. The molecule has 0 unspecified atom stereocenters. The summed E-state index contributed by atoms with van der Waals surface area (Å²) in [6.45, 7) is 4.48. The van der Waals surface area contributed by atoms with Crippen LogP contribution in [-0.4, -0.2) is 48.3 Å². The molecule has 2 heterocycles. The Morgan fingerprint density at radius 3 is 2.32 bits per heavy atom. The topological polar surface area (TPSA) is 69.7 Å². The van der Waals surface area contributed by atoms with E-state index in [1.54, 1.807) is 0 Å². The van der Waals surface area contributed by atoms with E-state index < -0.39 is 15.7 Å². The number of carbonyl (C=O) groups excluding carboxylic acids is 1. The third kappa shape index (κ3) is 3.98. The van der Waals surface area contributed by atoms with E-state index in [4.69, 9.17) is 23.2 Å². The van der Waals surface area contributed by atoms with Crippen molar-refractivity contribution in [1.29, 1.82) is 0 Å². The first-order valence-corrected chi connectivity index (χ1v) is 12.5. The molecule has 166 valence electrons.